The Morgan fingerprint density at radius 3 is 2.67 bits per heavy atom. The summed E-state index contributed by atoms with van der Waals surface area (Å²) in [4.78, 5) is 11.2. The third-order valence-corrected chi connectivity index (χ3v) is 3.80. The molecule has 0 aliphatic rings. The van der Waals surface area contributed by atoms with Gasteiger partial charge in [0.15, 0.2) is 16.7 Å². The van der Waals surface area contributed by atoms with Crippen LogP contribution in [-0.4, -0.2) is 16.1 Å². The van der Waals surface area contributed by atoms with Gasteiger partial charge in [-0.05, 0) is 46.3 Å². The summed E-state index contributed by atoms with van der Waals surface area (Å²) in [6, 6.07) is 8.51. The average molecular weight is 386 g/mol. The Kier molecular flexibility index (Phi) is 3.89. The van der Waals surface area contributed by atoms with Crippen LogP contribution < -0.4 is 0 Å². The number of aromatic nitrogens is 2. The van der Waals surface area contributed by atoms with Crippen molar-refractivity contribution in [2.45, 2.75) is 0 Å². The Hall–Kier alpha value is -1.56. The molecular weight excluding hydrogens is 379 g/mol. The summed E-state index contributed by atoms with van der Waals surface area (Å²) in [5.41, 5.74) is 1.48. The summed E-state index contributed by atoms with van der Waals surface area (Å²) in [6.07, 6.45) is 2.31. The molecule has 0 bridgehead atoms. The molecule has 7 heteroatoms. The van der Waals surface area contributed by atoms with E-state index in [-0.39, 0.29) is 0 Å². The minimum atomic E-state index is 0.405. The van der Waals surface area contributed by atoms with E-state index in [2.05, 4.69) is 21.0 Å². The maximum atomic E-state index is 11.2. The topological polar surface area (TPSA) is 48.0 Å². The largest absolute Gasteiger partial charge is 0.448 e. The molecule has 2 aromatic heterocycles. The van der Waals surface area contributed by atoms with Crippen LogP contribution in [0.1, 0.15) is 10.4 Å². The quantitative estimate of drug-likeness (QED) is 0.595. The molecule has 0 aliphatic heterocycles. The van der Waals surface area contributed by atoms with E-state index in [9.17, 15) is 4.79 Å². The molecule has 4 nitrogen and oxygen atoms in total. The fourth-order valence-electron chi connectivity index (χ4n) is 1.90. The molecule has 0 spiro atoms. The molecule has 0 N–H and O–H groups in total. The number of aldehydes is 1. The number of furan rings is 1. The second-order valence-corrected chi connectivity index (χ2v) is 5.82. The van der Waals surface area contributed by atoms with Crippen LogP contribution in [0, 0.1) is 0 Å². The van der Waals surface area contributed by atoms with Crippen LogP contribution in [0.25, 0.3) is 17.1 Å². The number of carbonyl (C=O) groups excluding carboxylic acids is 1. The summed E-state index contributed by atoms with van der Waals surface area (Å²) in [7, 11) is 0. The molecule has 0 fully saturated rings. The number of rotatable bonds is 3. The van der Waals surface area contributed by atoms with Gasteiger partial charge in [0.05, 0.1) is 16.3 Å². The number of hydrogen-bond donors (Lipinski definition) is 0. The molecule has 0 unspecified atom stereocenters. The fraction of sp³-hybridized carbons (Fsp3) is 0. The number of benzene rings is 1. The lowest BCUT2D eigenvalue weighted by atomic mass is 10.2. The van der Waals surface area contributed by atoms with Crippen LogP contribution in [0.15, 0.2) is 45.6 Å². The van der Waals surface area contributed by atoms with Crippen LogP contribution in [0.5, 0.6) is 0 Å². The molecule has 0 radical (unpaired) electrons. The zero-order valence-corrected chi connectivity index (χ0v) is 13.5. The molecule has 2 heterocycles. The summed E-state index contributed by atoms with van der Waals surface area (Å²) in [5, 5.41) is 5.34. The summed E-state index contributed by atoms with van der Waals surface area (Å²) >= 11 is 15.3. The summed E-state index contributed by atoms with van der Waals surface area (Å²) in [5.74, 6) is 0.493. The highest BCUT2D eigenvalue weighted by molar-refractivity contribution is 9.10. The lowest BCUT2D eigenvalue weighted by Crippen LogP contribution is -1.95. The molecule has 3 aromatic rings. The van der Waals surface area contributed by atoms with Crippen LogP contribution in [-0.2, 0) is 0 Å². The van der Waals surface area contributed by atoms with Gasteiger partial charge in [-0.25, -0.2) is 4.68 Å². The monoisotopic (exact) mass is 384 g/mol. The molecule has 0 amide bonds. The maximum Gasteiger partial charge on any atom is 0.169 e. The SMILES string of the molecule is O=Cc1cn(-c2ccc(Cl)cc2Cl)nc1-c1ccc(Br)o1. The van der Waals surface area contributed by atoms with Crippen molar-refractivity contribution < 1.29 is 9.21 Å². The Morgan fingerprint density at radius 1 is 1.24 bits per heavy atom. The van der Waals surface area contributed by atoms with Crippen molar-refractivity contribution in [2.24, 2.45) is 0 Å². The molecule has 0 aliphatic carbocycles. The van der Waals surface area contributed by atoms with Gasteiger partial charge in [-0.2, -0.15) is 5.10 Å². The standard InChI is InChI=1S/C14H7BrCl2N2O2/c15-13-4-3-12(21-13)14-8(7-20)6-19(18-14)11-2-1-9(16)5-10(11)17/h1-7H. The first-order chi connectivity index (χ1) is 10.1. The van der Waals surface area contributed by atoms with E-state index in [0.29, 0.717) is 37.4 Å². The maximum absolute atomic E-state index is 11.2. The van der Waals surface area contributed by atoms with Crippen LogP contribution >= 0.6 is 39.1 Å². The minimum Gasteiger partial charge on any atom is -0.448 e. The van der Waals surface area contributed by atoms with Crippen LogP contribution in [0.3, 0.4) is 0 Å². The molecule has 106 valence electrons. The third kappa shape index (κ3) is 2.77. The summed E-state index contributed by atoms with van der Waals surface area (Å²) in [6.45, 7) is 0. The number of hydrogen-bond acceptors (Lipinski definition) is 3. The van der Waals surface area contributed by atoms with E-state index in [1.165, 1.54) is 4.68 Å². The van der Waals surface area contributed by atoms with Gasteiger partial charge in [0.1, 0.15) is 5.69 Å². The van der Waals surface area contributed by atoms with Crippen molar-refractivity contribution in [1.29, 1.82) is 0 Å². The normalized spacial score (nSPS) is 10.8. The first-order valence-electron chi connectivity index (χ1n) is 5.84. The Labute approximate surface area is 138 Å². The Morgan fingerprint density at radius 2 is 2.05 bits per heavy atom. The predicted molar refractivity (Wildman–Crippen MR) is 84.4 cm³/mol. The second kappa shape index (κ2) is 5.67. The second-order valence-electron chi connectivity index (χ2n) is 4.19. The fourth-order valence-corrected chi connectivity index (χ4v) is 2.70. The highest BCUT2D eigenvalue weighted by atomic mass is 79.9. The van der Waals surface area contributed by atoms with Crippen molar-refractivity contribution in [1.82, 2.24) is 9.78 Å². The molecular formula is C14H7BrCl2N2O2. The molecule has 21 heavy (non-hydrogen) atoms. The van der Waals surface area contributed by atoms with Gasteiger partial charge in [0.2, 0.25) is 0 Å². The van der Waals surface area contributed by atoms with Crippen molar-refractivity contribution >= 4 is 45.4 Å². The zero-order valence-electron chi connectivity index (χ0n) is 10.4. The van der Waals surface area contributed by atoms with Gasteiger partial charge in [0, 0.05) is 11.2 Å². The molecule has 0 saturated carbocycles. The van der Waals surface area contributed by atoms with E-state index in [4.69, 9.17) is 27.6 Å². The van der Waals surface area contributed by atoms with Crippen molar-refractivity contribution in [2.75, 3.05) is 0 Å². The molecule has 1 aromatic carbocycles. The number of nitrogens with zero attached hydrogens (tertiary/aromatic N) is 2. The predicted octanol–water partition coefficient (Wildman–Crippen LogP) is 5.01. The van der Waals surface area contributed by atoms with E-state index < -0.39 is 0 Å². The van der Waals surface area contributed by atoms with Gasteiger partial charge >= 0.3 is 0 Å². The van der Waals surface area contributed by atoms with E-state index in [0.717, 1.165) is 6.29 Å². The van der Waals surface area contributed by atoms with Crippen molar-refractivity contribution in [3.63, 3.8) is 0 Å². The van der Waals surface area contributed by atoms with E-state index in [1.54, 1.807) is 36.5 Å². The number of carbonyl (C=O) groups is 1. The van der Waals surface area contributed by atoms with Gasteiger partial charge < -0.3 is 4.42 Å². The van der Waals surface area contributed by atoms with Gasteiger partial charge in [-0.1, -0.05) is 23.2 Å². The summed E-state index contributed by atoms with van der Waals surface area (Å²) < 4.78 is 7.52. The van der Waals surface area contributed by atoms with Crippen LogP contribution in [0.4, 0.5) is 0 Å². The molecule has 0 saturated heterocycles. The Balaban J connectivity index is 2.13. The first-order valence-corrected chi connectivity index (χ1v) is 7.39. The molecule has 3 rings (SSSR count). The Bertz CT molecular complexity index is 826. The van der Waals surface area contributed by atoms with Gasteiger partial charge in [0.25, 0.3) is 0 Å². The van der Waals surface area contributed by atoms with Gasteiger partial charge in [-0.3, -0.25) is 4.79 Å². The lowest BCUT2D eigenvalue weighted by molar-refractivity contribution is 0.112. The highest BCUT2D eigenvalue weighted by Crippen LogP contribution is 2.29. The van der Waals surface area contributed by atoms with E-state index in [1.807, 2.05) is 0 Å². The first kappa shape index (κ1) is 14.4. The molecule has 0 atom stereocenters. The van der Waals surface area contributed by atoms with Crippen molar-refractivity contribution in [3.05, 3.63) is 56.8 Å². The number of halogens is 3. The minimum absolute atomic E-state index is 0.405. The third-order valence-electron chi connectivity index (χ3n) is 2.83. The van der Waals surface area contributed by atoms with E-state index >= 15 is 0 Å². The zero-order chi connectivity index (χ0) is 15.0. The van der Waals surface area contributed by atoms with Gasteiger partial charge in [-0.15, -0.1) is 0 Å². The average Bonchev–Trinajstić information content (AvgIpc) is 3.04. The van der Waals surface area contributed by atoms with Crippen molar-refractivity contribution in [3.8, 4) is 17.1 Å². The highest BCUT2D eigenvalue weighted by Gasteiger charge is 2.16. The lowest BCUT2D eigenvalue weighted by Gasteiger charge is -2.04. The van der Waals surface area contributed by atoms with Crippen LogP contribution in [0.2, 0.25) is 10.0 Å². The smallest absolute Gasteiger partial charge is 0.169 e.